The first-order valence-corrected chi connectivity index (χ1v) is 15.9. The number of fused-ring (bicyclic) bond motifs is 1. The molecule has 2 aromatic rings. The van der Waals surface area contributed by atoms with Gasteiger partial charge in [0.05, 0.1) is 12.3 Å². The molecule has 1 unspecified atom stereocenters. The summed E-state index contributed by atoms with van der Waals surface area (Å²) in [7, 11) is 0. The van der Waals surface area contributed by atoms with E-state index in [0.717, 1.165) is 60.4 Å². The molecule has 1 saturated carbocycles. The van der Waals surface area contributed by atoms with E-state index in [4.69, 9.17) is 21.2 Å². The smallest absolute Gasteiger partial charge is 0.227 e. The maximum atomic E-state index is 12.4. The Hall–Kier alpha value is -3.30. The van der Waals surface area contributed by atoms with Gasteiger partial charge < -0.3 is 26.4 Å². The van der Waals surface area contributed by atoms with Crippen molar-refractivity contribution < 1.29 is 24.6 Å². The molecule has 0 radical (unpaired) electrons. The lowest BCUT2D eigenvalue weighted by Crippen LogP contribution is -3.07. The number of rotatable bonds is 15. The Morgan fingerprint density at radius 2 is 1.95 bits per heavy atom. The Morgan fingerprint density at radius 1 is 1.14 bits per heavy atom. The van der Waals surface area contributed by atoms with Gasteiger partial charge in [0.2, 0.25) is 6.73 Å². The maximum absolute atomic E-state index is 12.4. The van der Waals surface area contributed by atoms with Crippen LogP contribution >= 0.6 is 0 Å². The zero-order valence-corrected chi connectivity index (χ0v) is 25.4. The number of phenols is 1. The predicted octanol–water partition coefficient (Wildman–Crippen LogP) is 4.11. The second-order valence-corrected chi connectivity index (χ2v) is 12.4. The average molecular weight is 588 g/mol. The van der Waals surface area contributed by atoms with Crippen molar-refractivity contribution in [2.24, 2.45) is 16.5 Å². The molecule has 2 atom stereocenters. The van der Waals surface area contributed by atoms with E-state index >= 15 is 0 Å². The summed E-state index contributed by atoms with van der Waals surface area (Å²) in [4.78, 5) is 18.3. The van der Waals surface area contributed by atoms with Gasteiger partial charge >= 0.3 is 0 Å². The van der Waals surface area contributed by atoms with E-state index in [1.165, 1.54) is 29.6 Å². The summed E-state index contributed by atoms with van der Waals surface area (Å²) in [5.74, 6) is 0.544. The van der Waals surface area contributed by atoms with Crippen LogP contribution in [0.25, 0.3) is 0 Å². The molecule has 0 bridgehead atoms. The van der Waals surface area contributed by atoms with Gasteiger partial charge in [0.15, 0.2) is 11.5 Å². The van der Waals surface area contributed by atoms with Gasteiger partial charge in [-0.2, -0.15) is 0 Å². The van der Waals surface area contributed by atoms with Gasteiger partial charge in [0.25, 0.3) is 0 Å². The van der Waals surface area contributed by atoms with Gasteiger partial charge in [0.1, 0.15) is 24.2 Å². The van der Waals surface area contributed by atoms with E-state index in [9.17, 15) is 15.0 Å². The fourth-order valence-electron chi connectivity index (χ4n) is 6.83. The van der Waals surface area contributed by atoms with Crippen LogP contribution in [-0.4, -0.2) is 41.6 Å². The minimum atomic E-state index is -0.562. The van der Waals surface area contributed by atoms with Crippen LogP contribution in [0, 0.1) is 0 Å². The first-order valence-electron chi connectivity index (χ1n) is 15.9. The van der Waals surface area contributed by atoms with Gasteiger partial charge in [0, 0.05) is 30.0 Å². The quantitative estimate of drug-likeness (QED) is 0.157. The lowest BCUT2D eigenvalue weighted by atomic mass is 9.71. The number of ketones is 1. The van der Waals surface area contributed by atoms with Crippen molar-refractivity contribution in [3.8, 4) is 11.5 Å². The monoisotopic (exact) mass is 587 g/mol. The Kier molecular flexibility index (Phi) is 10.1. The molecular weight excluding hydrogens is 540 g/mol. The number of allylic oxidation sites excluding steroid dienone is 1. The highest BCUT2D eigenvalue weighted by molar-refractivity contribution is 5.90. The second kappa shape index (κ2) is 14.0. The van der Waals surface area contributed by atoms with Crippen LogP contribution in [0.4, 0.5) is 0 Å². The Morgan fingerprint density at radius 3 is 2.72 bits per heavy atom. The third kappa shape index (κ3) is 7.27. The molecule has 2 aliphatic heterocycles. The number of phenolic OH excluding ortho intramolecular Hbond substituents is 1. The SMILES string of the molecule is CCCCC[C@@H](O)CC(=O)CCc1ccc(O)c(OC[NH+]2C=C3N=CC(C4(c5cccc(C(N)N)c5)CCCC4)=C3C2)c1. The number of ether oxygens (including phenoxy) is 1. The van der Waals surface area contributed by atoms with Crippen LogP contribution in [0.15, 0.2) is 70.5 Å². The Balaban J connectivity index is 1.21. The average Bonchev–Trinajstić information content (AvgIpc) is 3.73. The predicted molar refractivity (Wildman–Crippen MR) is 169 cm³/mol. The highest BCUT2D eigenvalue weighted by Gasteiger charge is 2.44. The number of aromatic hydroxyl groups is 1. The van der Waals surface area contributed by atoms with Crippen molar-refractivity contribution >= 4 is 12.0 Å². The van der Waals surface area contributed by atoms with Crippen LogP contribution in [-0.2, 0) is 16.6 Å². The summed E-state index contributed by atoms with van der Waals surface area (Å²) in [5.41, 5.74) is 18.6. The number of hydrogen-bond donors (Lipinski definition) is 5. The third-order valence-corrected chi connectivity index (χ3v) is 9.24. The number of quaternary nitrogens is 1. The molecule has 43 heavy (non-hydrogen) atoms. The largest absolute Gasteiger partial charge is 0.504 e. The van der Waals surface area contributed by atoms with Crippen molar-refractivity contribution in [2.45, 2.75) is 95.2 Å². The minimum Gasteiger partial charge on any atom is -0.504 e. The number of nitrogens with zero attached hydrogens (tertiary/aromatic N) is 1. The lowest BCUT2D eigenvalue weighted by molar-refractivity contribution is -0.855. The number of unbranched alkanes of at least 4 members (excludes halogenated alkanes) is 2. The van der Waals surface area contributed by atoms with Crippen molar-refractivity contribution in [1.82, 2.24) is 0 Å². The van der Waals surface area contributed by atoms with E-state index in [1.54, 1.807) is 6.07 Å². The number of aliphatic imine (C=N–C) groups is 1. The van der Waals surface area contributed by atoms with Crippen LogP contribution in [0.1, 0.15) is 94.0 Å². The van der Waals surface area contributed by atoms with Gasteiger partial charge in [-0.1, -0.05) is 69.4 Å². The number of carbonyl (C=O) groups is 1. The Labute approximate surface area is 255 Å². The topological polar surface area (TPSA) is 136 Å². The third-order valence-electron chi connectivity index (χ3n) is 9.24. The van der Waals surface area contributed by atoms with E-state index in [0.29, 0.717) is 31.7 Å². The van der Waals surface area contributed by atoms with E-state index in [2.05, 4.69) is 37.5 Å². The fourth-order valence-corrected chi connectivity index (χ4v) is 6.83. The standard InChI is InChI=1S/C35H46N4O4/c1-2-3-4-10-27(40)19-28(41)13-11-24-12-14-32(42)33(17-24)43-23-39-21-29-30(20-38-31(29)22-39)35(15-5-6-16-35)26-9-7-8-25(18-26)34(36)37/h7-9,12,14,17-18,20,22,27,34,40,42H,2-6,10-11,13,15-16,19,21,23,36-37H2,1H3/p+1/t27-/m1/s1. The van der Waals surface area contributed by atoms with E-state index in [-0.39, 0.29) is 23.4 Å². The van der Waals surface area contributed by atoms with Gasteiger partial charge in [-0.25, -0.2) is 0 Å². The highest BCUT2D eigenvalue weighted by atomic mass is 16.5. The number of benzene rings is 2. The fraction of sp³-hybridized carbons (Fsp3) is 0.486. The number of aliphatic hydroxyl groups is 1. The molecule has 3 aliphatic rings. The number of aliphatic hydroxyl groups excluding tert-OH is 1. The number of nitrogens with one attached hydrogen (secondary N) is 1. The Bertz CT molecular complexity index is 1390. The molecule has 1 fully saturated rings. The number of carbonyl (C=O) groups excluding carboxylic acids is 1. The summed E-state index contributed by atoms with van der Waals surface area (Å²) < 4.78 is 6.11. The summed E-state index contributed by atoms with van der Waals surface area (Å²) in [6.07, 6.45) is 12.5. The first-order chi connectivity index (χ1) is 20.8. The van der Waals surface area contributed by atoms with Crippen LogP contribution in [0.5, 0.6) is 11.5 Å². The van der Waals surface area contributed by atoms with Crippen molar-refractivity contribution in [1.29, 1.82) is 0 Å². The van der Waals surface area contributed by atoms with Gasteiger partial charge in [-0.05, 0) is 60.1 Å². The van der Waals surface area contributed by atoms with Crippen molar-refractivity contribution in [2.75, 3.05) is 13.3 Å². The number of aryl methyl sites for hydroxylation is 1. The minimum absolute atomic E-state index is 0.0569. The number of Topliss-reactive ketones (excluding diaryl/α,β-unsaturated/α-hetero) is 1. The van der Waals surface area contributed by atoms with Crippen molar-refractivity contribution in [3.63, 3.8) is 0 Å². The number of hydrogen-bond acceptors (Lipinski definition) is 7. The molecule has 7 N–H and O–H groups in total. The lowest BCUT2D eigenvalue weighted by Gasteiger charge is -2.32. The molecule has 8 nitrogen and oxygen atoms in total. The van der Waals surface area contributed by atoms with Gasteiger partial charge in [-0.3, -0.25) is 14.7 Å². The van der Waals surface area contributed by atoms with Crippen LogP contribution < -0.4 is 21.1 Å². The highest BCUT2D eigenvalue weighted by Crippen LogP contribution is 2.49. The van der Waals surface area contributed by atoms with Crippen LogP contribution in [0.3, 0.4) is 0 Å². The first kappa shape index (κ1) is 31.1. The molecule has 0 aromatic heterocycles. The summed E-state index contributed by atoms with van der Waals surface area (Å²) in [6.45, 7) is 3.23. The summed E-state index contributed by atoms with van der Waals surface area (Å²) in [5, 5.41) is 20.6. The normalized spacial score (nSPS) is 19.7. The van der Waals surface area contributed by atoms with E-state index < -0.39 is 12.3 Å². The zero-order chi connectivity index (χ0) is 30.4. The molecule has 8 heteroatoms. The summed E-state index contributed by atoms with van der Waals surface area (Å²) in [6, 6.07) is 13.7. The molecule has 1 aliphatic carbocycles. The molecule has 0 saturated heterocycles. The summed E-state index contributed by atoms with van der Waals surface area (Å²) >= 11 is 0. The molecule has 5 rings (SSSR count). The molecule has 230 valence electrons. The number of nitrogens with two attached hydrogens (primary N) is 2. The molecule has 0 amide bonds. The maximum Gasteiger partial charge on any atom is 0.227 e. The molecular formula is C35H47N4O4+. The van der Waals surface area contributed by atoms with E-state index in [1.807, 2.05) is 18.2 Å². The molecule has 2 heterocycles. The molecule has 2 aromatic carbocycles. The second-order valence-electron chi connectivity index (χ2n) is 12.4. The molecule has 0 spiro atoms. The van der Waals surface area contributed by atoms with Gasteiger partial charge in [-0.15, -0.1) is 0 Å². The van der Waals surface area contributed by atoms with Crippen LogP contribution in [0.2, 0.25) is 0 Å². The zero-order valence-electron chi connectivity index (χ0n) is 25.4. The van der Waals surface area contributed by atoms with Crippen molar-refractivity contribution in [3.05, 3.63) is 82.2 Å².